The maximum atomic E-state index is 6.04. The highest BCUT2D eigenvalue weighted by Crippen LogP contribution is 2.42. The molecule has 0 radical (unpaired) electrons. The lowest BCUT2D eigenvalue weighted by molar-refractivity contribution is -0.103. The molecule has 20 heavy (non-hydrogen) atoms. The van der Waals surface area contributed by atoms with Crippen LogP contribution >= 0.6 is 11.3 Å². The Morgan fingerprint density at radius 1 is 1.35 bits per heavy atom. The van der Waals surface area contributed by atoms with E-state index >= 15 is 0 Å². The second-order valence-corrected chi connectivity index (χ2v) is 7.27. The van der Waals surface area contributed by atoms with Crippen molar-refractivity contribution in [1.82, 2.24) is 10.3 Å². The summed E-state index contributed by atoms with van der Waals surface area (Å²) in [6.45, 7) is 12.8. The number of thiazole rings is 1. The first-order valence-corrected chi connectivity index (χ1v) is 8.66. The molecule has 0 saturated carbocycles. The highest BCUT2D eigenvalue weighted by Gasteiger charge is 2.45. The molecule has 2 rings (SSSR count). The molecule has 1 aliphatic heterocycles. The molecule has 0 aromatic carbocycles. The molecule has 3 nitrogen and oxygen atoms in total. The van der Waals surface area contributed by atoms with Gasteiger partial charge in [0, 0.05) is 17.9 Å². The van der Waals surface area contributed by atoms with Crippen LogP contribution in [0, 0.1) is 6.92 Å². The summed E-state index contributed by atoms with van der Waals surface area (Å²) < 4.78 is 6.04. The van der Waals surface area contributed by atoms with Crippen LogP contribution in [0.5, 0.6) is 0 Å². The monoisotopic (exact) mass is 296 g/mol. The van der Waals surface area contributed by atoms with Gasteiger partial charge in [0.25, 0.3) is 0 Å². The van der Waals surface area contributed by atoms with Gasteiger partial charge in [-0.15, -0.1) is 11.3 Å². The van der Waals surface area contributed by atoms with Crippen molar-refractivity contribution >= 4 is 11.3 Å². The fourth-order valence-corrected chi connectivity index (χ4v) is 4.38. The fraction of sp³-hybridized carbons (Fsp3) is 0.812. The molecule has 1 aromatic heterocycles. The zero-order valence-corrected chi connectivity index (χ0v) is 14.3. The van der Waals surface area contributed by atoms with Crippen LogP contribution in [0.4, 0.5) is 0 Å². The highest BCUT2D eigenvalue weighted by atomic mass is 32.1. The molecule has 1 fully saturated rings. The Morgan fingerprint density at radius 2 is 2.10 bits per heavy atom. The predicted molar refractivity (Wildman–Crippen MR) is 85.5 cm³/mol. The third kappa shape index (κ3) is 2.92. The lowest BCUT2D eigenvalue weighted by Gasteiger charge is -2.45. The van der Waals surface area contributed by atoms with Gasteiger partial charge in [0.05, 0.1) is 16.8 Å². The molecular weight excluding hydrogens is 268 g/mol. The third-order valence-corrected chi connectivity index (χ3v) is 5.77. The SMILES string of the molecule is CCNC1(c2nc(CC)c(C)s2)CCOC(C)(CC)C1. The van der Waals surface area contributed by atoms with Crippen LogP contribution in [0.1, 0.15) is 62.5 Å². The highest BCUT2D eigenvalue weighted by molar-refractivity contribution is 7.11. The smallest absolute Gasteiger partial charge is 0.113 e. The van der Waals surface area contributed by atoms with E-state index in [2.05, 4.69) is 39.9 Å². The summed E-state index contributed by atoms with van der Waals surface area (Å²) in [4.78, 5) is 6.31. The first kappa shape index (κ1) is 15.9. The van der Waals surface area contributed by atoms with Crippen molar-refractivity contribution in [1.29, 1.82) is 0 Å². The summed E-state index contributed by atoms with van der Waals surface area (Å²) in [5.74, 6) is 0. The molecule has 1 aliphatic rings. The number of aromatic nitrogens is 1. The molecule has 2 unspecified atom stereocenters. The van der Waals surface area contributed by atoms with Gasteiger partial charge in [-0.05, 0) is 39.7 Å². The van der Waals surface area contributed by atoms with Crippen molar-refractivity contribution in [3.63, 3.8) is 0 Å². The first-order valence-electron chi connectivity index (χ1n) is 7.84. The van der Waals surface area contributed by atoms with Gasteiger partial charge < -0.3 is 10.1 Å². The zero-order chi connectivity index (χ0) is 14.8. The minimum Gasteiger partial charge on any atom is -0.375 e. The second kappa shape index (κ2) is 6.12. The molecule has 4 heteroatoms. The molecule has 0 aliphatic carbocycles. The van der Waals surface area contributed by atoms with Crippen molar-refractivity contribution in [2.75, 3.05) is 13.2 Å². The summed E-state index contributed by atoms with van der Waals surface area (Å²) in [6.07, 6.45) is 4.10. The maximum absolute atomic E-state index is 6.04. The van der Waals surface area contributed by atoms with E-state index < -0.39 is 0 Å². The van der Waals surface area contributed by atoms with E-state index in [1.165, 1.54) is 15.6 Å². The molecular formula is C16H28N2OS. The minimum absolute atomic E-state index is 0.000602. The van der Waals surface area contributed by atoms with Crippen LogP contribution < -0.4 is 5.32 Å². The number of nitrogens with zero attached hydrogens (tertiary/aromatic N) is 1. The van der Waals surface area contributed by atoms with E-state index in [0.29, 0.717) is 0 Å². The normalized spacial score (nSPS) is 30.6. The number of aryl methyl sites for hydroxylation is 2. The van der Waals surface area contributed by atoms with Gasteiger partial charge in [-0.2, -0.15) is 0 Å². The Labute approximate surface area is 127 Å². The number of rotatable bonds is 5. The average molecular weight is 296 g/mol. The molecule has 1 N–H and O–H groups in total. The molecule has 0 bridgehead atoms. The van der Waals surface area contributed by atoms with Crippen molar-refractivity contribution in [2.45, 2.75) is 71.4 Å². The van der Waals surface area contributed by atoms with E-state index in [-0.39, 0.29) is 11.1 Å². The standard InChI is InChI=1S/C16H28N2OS/c1-6-13-12(4)20-14(18-13)16(17-8-3)9-10-19-15(5,7-2)11-16/h17H,6-11H2,1-5H3. The fourth-order valence-electron chi connectivity index (χ4n) is 3.18. The molecule has 1 aromatic rings. The van der Waals surface area contributed by atoms with E-state index in [1.807, 2.05) is 11.3 Å². The Morgan fingerprint density at radius 3 is 2.65 bits per heavy atom. The Kier molecular flexibility index (Phi) is 4.88. The molecule has 2 atom stereocenters. The lowest BCUT2D eigenvalue weighted by atomic mass is 9.79. The Balaban J connectivity index is 2.37. The summed E-state index contributed by atoms with van der Waals surface area (Å²) in [6, 6.07) is 0. The molecule has 0 amide bonds. The van der Waals surface area contributed by atoms with Crippen LogP contribution in [-0.4, -0.2) is 23.7 Å². The Bertz CT molecular complexity index is 455. The Hall–Kier alpha value is -0.450. The van der Waals surface area contributed by atoms with Crippen LogP contribution in [0.25, 0.3) is 0 Å². The number of hydrogen-bond donors (Lipinski definition) is 1. The summed E-state index contributed by atoms with van der Waals surface area (Å²) >= 11 is 1.87. The van der Waals surface area contributed by atoms with Gasteiger partial charge in [0.15, 0.2) is 0 Å². The van der Waals surface area contributed by atoms with Crippen molar-refractivity contribution < 1.29 is 4.74 Å². The zero-order valence-electron chi connectivity index (χ0n) is 13.5. The van der Waals surface area contributed by atoms with Crippen LogP contribution in [0.3, 0.4) is 0 Å². The third-order valence-electron chi connectivity index (χ3n) is 4.56. The molecule has 0 spiro atoms. The average Bonchev–Trinajstić information content (AvgIpc) is 2.81. The van der Waals surface area contributed by atoms with Crippen LogP contribution in [0.2, 0.25) is 0 Å². The summed E-state index contributed by atoms with van der Waals surface area (Å²) in [5, 5.41) is 5.00. The maximum Gasteiger partial charge on any atom is 0.113 e. The number of hydrogen-bond acceptors (Lipinski definition) is 4. The summed E-state index contributed by atoms with van der Waals surface area (Å²) in [7, 11) is 0. The van der Waals surface area contributed by atoms with E-state index in [9.17, 15) is 0 Å². The van der Waals surface area contributed by atoms with E-state index in [0.717, 1.165) is 38.8 Å². The summed E-state index contributed by atoms with van der Waals surface area (Å²) in [5.41, 5.74) is 1.22. The van der Waals surface area contributed by atoms with Gasteiger partial charge in [-0.3, -0.25) is 0 Å². The quantitative estimate of drug-likeness (QED) is 0.897. The lowest BCUT2D eigenvalue weighted by Crippen LogP contribution is -2.53. The van der Waals surface area contributed by atoms with Crippen LogP contribution in [0.15, 0.2) is 0 Å². The largest absolute Gasteiger partial charge is 0.375 e. The minimum atomic E-state index is -0.0353. The van der Waals surface area contributed by atoms with Crippen molar-refractivity contribution in [3.05, 3.63) is 15.6 Å². The second-order valence-electron chi connectivity index (χ2n) is 6.07. The van der Waals surface area contributed by atoms with E-state index in [1.54, 1.807) is 0 Å². The van der Waals surface area contributed by atoms with Gasteiger partial charge in [-0.25, -0.2) is 4.98 Å². The topological polar surface area (TPSA) is 34.2 Å². The molecule has 1 saturated heterocycles. The van der Waals surface area contributed by atoms with Gasteiger partial charge in [0.1, 0.15) is 5.01 Å². The van der Waals surface area contributed by atoms with Gasteiger partial charge in [0.2, 0.25) is 0 Å². The number of nitrogens with one attached hydrogen (secondary N) is 1. The van der Waals surface area contributed by atoms with E-state index in [4.69, 9.17) is 9.72 Å². The predicted octanol–water partition coefficient (Wildman–Crippen LogP) is 3.80. The number of ether oxygens (including phenoxy) is 1. The van der Waals surface area contributed by atoms with Crippen LogP contribution in [-0.2, 0) is 16.7 Å². The van der Waals surface area contributed by atoms with Crippen molar-refractivity contribution in [2.24, 2.45) is 0 Å². The van der Waals surface area contributed by atoms with Gasteiger partial charge in [-0.1, -0.05) is 20.8 Å². The molecule has 2 heterocycles. The first-order chi connectivity index (χ1) is 9.48. The molecule has 114 valence electrons. The van der Waals surface area contributed by atoms with Gasteiger partial charge >= 0.3 is 0 Å². The van der Waals surface area contributed by atoms with Crippen molar-refractivity contribution in [3.8, 4) is 0 Å².